The van der Waals surface area contributed by atoms with Crippen LogP contribution in [0.25, 0.3) is 0 Å². The van der Waals surface area contributed by atoms with Crippen LogP contribution in [-0.4, -0.2) is 60.4 Å². The van der Waals surface area contributed by atoms with Crippen molar-refractivity contribution in [3.8, 4) is 11.5 Å². The molecule has 2 aromatic rings. The second-order valence-electron chi connectivity index (χ2n) is 8.36. The van der Waals surface area contributed by atoms with Gasteiger partial charge in [-0.25, -0.2) is 17.9 Å². The number of aryl methyl sites for hydroxylation is 1. The lowest BCUT2D eigenvalue weighted by atomic mass is 10.0. The lowest BCUT2D eigenvalue weighted by molar-refractivity contribution is 0.170. The molecule has 0 spiro atoms. The van der Waals surface area contributed by atoms with Crippen molar-refractivity contribution in [1.82, 2.24) is 14.7 Å². The highest BCUT2D eigenvalue weighted by atomic mass is 32.2. The Bertz CT molecular complexity index is 1110. The first kappa shape index (κ1) is 20.2. The summed E-state index contributed by atoms with van der Waals surface area (Å²) in [7, 11) is -3.05. The third kappa shape index (κ3) is 3.96. The van der Waals surface area contributed by atoms with Crippen molar-refractivity contribution in [3.63, 3.8) is 0 Å². The van der Waals surface area contributed by atoms with E-state index in [4.69, 9.17) is 9.47 Å². The Kier molecular flexibility index (Phi) is 5.04. The molecular formula is C21H26N4O5S. The highest BCUT2D eigenvalue weighted by Gasteiger charge is 2.34. The maximum Gasteiger partial charge on any atom is 0.323 e. The molecule has 2 amide bonds. The molecule has 1 aromatic carbocycles. The molecule has 166 valence electrons. The van der Waals surface area contributed by atoms with E-state index < -0.39 is 9.84 Å². The topological polar surface area (TPSA) is 103 Å². The summed E-state index contributed by atoms with van der Waals surface area (Å²) < 4.78 is 36.8. The molecule has 9 nitrogen and oxygen atoms in total. The fourth-order valence-corrected chi connectivity index (χ4v) is 6.35. The molecule has 10 heteroatoms. The van der Waals surface area contributed by atoms with E-state index in [1.807, 2.05) is 30.0 Å². The summed E-state index contributed by atoms with van der Waals surface area (Å²) >= 11 is 0. The van der Waals surface area contributed by atoms with Crippen molar-refractivity contribution < 1.29 is 22.7 Å². The van der Waals surface area contributed by atoms with Gasteiger partial charge in [0.05, 0.1) is 29.3 Å². The summed E-state index contributed by atoms with van der Waals surface area (Å²) in [6.45, 7) is 3.55. The molecule has 1 N–H and O–H groups in total. The zero-order valence-corrected chi connectivity index (χ0v) is 18.2. The monoisotopic (exact) mass is 446 g/mol. The predicted octanol–water partition coefficient (Wildman–Crippen LogP) is 2.69. The zero-order valence-electron chi connectivity index (χ0n) is 17.4. The van der Waals surface area contributed by atoms with Crippen molar-refractivity contribution in [2.75, 3.05) is 36.6 Å². The molecule has 0 saturated carbocycles. The SMILES string of the molecule is Cc1cc(NC(=O)N2CCC[C@@H]2c2ccc3c(c2)OCCO3)n([C@H]2CCS(=O)(=O)C2)n1. The van der Waals surface area contributed by atoms with Crippen LogP contribution >= 0.6 is 0 Å². The number of anilines is 1. The summed E-state index contributed by atoms with van der Waals surface area (Å²) in [5, 5.41) is 7.43. The van der Waals surface area contributed by atoms with Crippen LogP contribution in [0.1, 0.15) is 42.6 Å². The molecule has 4 heterocycles. The van der Waals surface area contributed by atoms with Crippen molar-refractivity contribution in [3.05, 3.63) is 35.5 Å². The number of nitrogens with one attached hydrogen (secondary N) is 1. The number of rotatable bonds is 3. The van der Waals surface area contributed by atoms with Crippen LogP contribution in [0.2, 0.25) is 0 Å². The van der Waals surface area contributed by atoms with Crippen molar-refractivity contribution >= 4 is 21.7 Å². The molecule has 5 rings (SSSR count). The number of ether oxygens (including phenoxy) is 2. The number of aromatic nitrogens is 2. The zero-order chi connectivity index (χ0) is 21.6. The molecule has 31 heavy (non-hydrogen) atoms. The number of sulfone groups is 1. The Balaban J connectivity index is 1.35. The third-order valence-corrected chi connectivity index (χ3v) is 7.86. The number of amides is 2. The van der Waals surface area contributed by atoms with Crippen LogP contribution in [0, 0.1) is 6.92 Å². The van der Waals surface area contributed by atoms with Gasteiger partial charge in [-0.3, -0.25) is 5.32 Å². The molecule has 1 aromatic heterocycles. The summed E-state index contributed by atoms with van der Waals surface area (Å²) in [5.41, 5.74) is 1.76. The van der Waals surface area contributed by atoms with Gasteiger partial charge in [-0.2, -0.15) is 5.10 Å². The number of hydrogen-bond acceptors (Lipinski definition) is 6. The van der Waals surface area contributed by atoms with Crippen LogP contribution in [0.4, 0.5) is 10.6 Å². The van der Waals surface area contributed by atoms with Gasteiger partial charge in [0.25, 0.3) is 0 Å². The Morgan fingerprint density at radius 2 is 1.97 bits per heavy atom. The minimum atomic E-state index is -3.05. The predicted molar refractivity (Wildman–Crippen MR) is 114 cm³/mol. The van der Waals surface area contributed by atoms with Crippen molar-refractivity contribution in [1.29, 1.82) is 0 Å². The average molecular weight is 447 g/mol. The third-order valence-electron chi connectivity index (χ3n) is 6.11. The highest BCUT2D eigenvalue weighted by Crippen LogP contribution is 2.38. The average Bonchev–Trinajstić information content (AvgIpc) is 3.46. The summed E-state index contributed by atoms with van der Waals surface area (Å²) in [4.78, 5) is 15.0. The normalized spacial score (nSPS) is 24.4. The van der Waals surface area contributed by atoms with Gasteiger partial charge in [-0.15, -0.1) is 0 Å². The van der Waals surface area contributed by atoms with Gasteiger partial charge < -0.3 is 14.4 Å². The molecule has 0 radical (unpaired) electrons. The smallest absolute Gasteiger partial charge is 0.323 e. The Labute approximate surface area is 181 Å². The van der Waals surface area contributed by atoms with E-state index in [1.165, 1.54) is 0 Å². The van der Waals surface area contributed by atoms with Gasteiger partial charge in [-0.05, 0) is 43.9 Å². The first-order chi connectivity index (χ1) is 14.9. The number of hydrogen-bond donors (Lipinski definition) is 1. The number of fused-ring (bicyclic) bond motifs is 1. The standard InChI is InChI=1S/C21H26N4O5S/c1-14-11-20(25(23-14)16-6-10-31(27,28)13-16)22-21(26)24-7-2-3-17(24)15-4-5-18-19(12-15)30-9-8-29-18/h4-5,11-12,16-17H,2-3,6-10,13H2,1H3,(H,22,26)/t16-,17+/m0/s1. The van der Waals surface area contributed by atoms with Gasteiger partial charge in [0.1, 0.15) is 19.0 Å². The number of carbonyl (C=O) groups excluding carboxylic acids is 1. The second-order valence-corrected chi connectivity index (χ2v) is 10.6. The molecule has 2 fully saturated rings. The fraction of sp³-hybridized carbons (Fsp3) is 0.524. The molecule has 2 saturated heterocycles. The summed E-state index contributed by atoms with van der Waals surface area (Å²) in [6.07, 6.45) is 2.29. The molecular weight excluding hydrogens is 420 g/mol. The van der Waals surface area contributed by atoms with Crippen LogP contribution in [0.15, 0.2) is 24.3 Å². The Morgan fingerprint density at radius 1 is 1.16 bits per heavy atom. The minimum Gasteiger partial charge on any atom is -0.486 e. The number of benzene rings is 1. The van der Waals surface area contributed by atoms with E-state index in [9.17, 15) is 13.2 Å². The van der Waals surface area contributed by atoms with Gasteiger partial charge in [0.15, 0.2) is 21.3 Å². The quantitative estimate of drug-likeness (QED) is 0.778. The first-order valence-corrected chi connectivity index (χ1v) is 12.5. The lowest BCUT2D eigenvalue weighted by Gasteiger charge is -2.27. The number of carbonyl (C=O) groups is 1. The van der Waals surface area contributed by atoms with Gasteiger partial charge >= 0.3 is 6.03 Å². The maximum absolute atomic E-state index is 13.2. The molecule has 0 aliphatic carbocycles. The largest absolute Gasteiger partial charge is 0.486 e. The van der Waals surface area contributed by atoms with Crippen molar-refractivity contribution in [2.24, 2.45) is 0 Å². The van der Waals surface area contributed by atoms with E-state index in [0.29, 0.717) is 37.7 Å². The van der Waals surface area contributed by atoms with E-state index in [1.54, 1.807) is 10.7 Å². The van der Waals surface area contributed by atoms with Gasteiger partial charge in [-0.1, -0.05) is 6.07 Å². The van der Waals surface area contributed by atoms with Gasteiger partial charge in [0.2, 0.25) is 0 Å². The van der Waals surface area contributed by atoms with E-state index in [0.717, 1.165) is 29.8 Å². The van der Waals surface area contributed by atoms with Gasteiger partial charge in [0, 0.05) is 12.6 Å². The molecule has 3 aliphatic heterocycles. The summed E-state index contributed by atoms with van der Waals surface area (Å²) in [6, 6.07) is 7.12. The first-order valence-electron chi connectivity index (χ1n) is 10.6. The van der Waals surface area contributed by atoms with E-state index >= 15 is 0 Å². The van der Waals surface area contributed by atoms with Crippen LogP contribution in [0.3, 0.4) is 0 Å². The molecule has 2 atom stereocenters. The Morgan fingerprint density at radius 3 is 2.74 bits per heavy atom. The molecule has 0 bridgehead atoms. The lowest BCUT2D eigenvalue weighted by Crippen LogP contribution is -2.35. The van der Waals surface area contributed by atoms with Crippen molar-refractivity contribution in [2.45, 2.75) is 38.3 Å². The van der Waals surface area contributed by atoms with Crippen LogP contribution < -0.4 is 14.8 Å². The fourth-order valence-electron chi connectivity index (χ4n) is 4.66. The molecule has 0 unspecified atom stereocenters. The molecule has 3 aliphatic rings. The second kappa shape index (κ2) is 7.74. The maximum atomic E-state index is 13.2. The number of likely N-dealkylation sites (tertiary alicyclic amines) is 1. The van der Waals surface area contributed by atoms with E-state index in [2.05, 4.69) is 10.4 Å². The van der Waals surface area contributed by atoms with E-state index in [-0.39, 0.29) is 29.6 Å². The van der Waals surface area contributed by atoms with Crippen LogP contribution in [-0.2, 0) is 9.84 Å². The highest BCUT2D eigenvalue weighted by molar-refractivity contribution is 7.91. The summed E-state index contributed by atoms with van der Waals surface area (Å²) in [5.74, 6) is 2.20. The Hall–Kier alpha value is -2.75. The van der Waals surface area contributed by atoms with Crippen LogP contribution in [0.5, 0.6) is 11.5 Å². The number of urea groups is 1. The number of nitrogens with zero attached hydrogens (tertiary/aromatic N) is 3. The minimum absolute atomic E-state index is 0.0554.